The third-order valence-electron chi connectivity index (χ3n) is 8.09. The van der Waals surface area contributed by atoms with E-state index >= 15 is 0 Å². The maximum absolute atomic E-state index is 13.1. The minimum absolute atomic E-state index is 0.0845. The van der Waals surface area contributed by atoms with E-state index in [0.29, 0.717) is 23.8 Å². The molecule has 4 saturated carbocycles. The monoisotopic (exact) mass is 471 g/mol. The number of carbonyl (C=O) groups excluding carboxylic acids is 3. The Morgan fingerprint density at radius 1 is 1.13 bits per heavy atom. The number of ether oxygens (including phenoxy) is 1. The molecule has 158 valence electrons. The lowest BCUT2D eigenvalue weighted by molar-refractivity contribution is -0.168. The lowest BCUT2D eigenvalue weighted by Crippen LogP contribution is -2.56. The van der Waals surface area contributed by atoms with Gasteiger partial charge in [-0.25, -0.2) is 0 Å². The van der Waals surface area contributed by atoms with E-state index in [1.54, 1.807) is 0 Å². The molecule has 6 heteroatoms. The number of aryl methyl sites for hydroxylation is 1. The number of ketones is 1. The second kappa shape index (κ2) is 6.41. The van der Waals surface area contributed by atoms with Crippen molar-refractivity contribution in [2.24, 2.45) is 17.3 Å². The maximum atomic E-state index is 13.1. The second-order valence-corrected chi connectivity index (χ2v) is 12.0. The van der Waals surface area contributed by atoms with Gasteiger partial charge in [0.15, 0.2) is 12.4 Å². The molecule has 0 saturated heterocycles. The summed E-state index contributed by atoms with van der Waals surface area (Å²) in [6, 6.07) is 3.73. The smallest absolute Gasteiger partial charge is 0.312 e. The molecule has 0 aromatic heterocycles. The van der Waals surface area contributed by atoms with Crippen LogP contribution in [0.3, 0.4) is 0 Å². The summed E-state index contributed by atoms with van der Waals surface area (Å²) in [4.78, 5) is 40.1. The molecule has 2 heterocycles. The number of alkyl halides is 1. The van der Waals surface area contributed by atoms with Crippen LogP contribution in [0.2, 0.25) is 0 Å². The highest BCUT2D eigenvalue weighted by Gasteiger charge is 2.60. The highest BCUT2D eigenvalue weighted by molar-refractivity contribution is 9.10. The fourth-order valence-corrected chi connectivity index (χ4v) is 8.85. The average Bonchev–Trinajstić information content (AvgIpc) is 3.01. The molecule has 6 aliphatic rings. The third kappa shape index (κ3) is 2.82. The van der Waals surface area contributed by atoms with Crippen LogP contribution in [0, 0.1) is 17.3 Å². The van der Waals surface area contributed by atoms with Gasteiger partial charge in [0, 0.05) is 16.4 Å². The molecule has 2 atom stereocenters. The first-order valence-electron chi connectivity index (χ1n) is 11.2. The number of hydrogen-bond donors (Lipinski definition) is 0. The van der Waals surface area contributed by atoms with E-state index in [9.17, 15) is 14.4 Å². The Kier molecular flexibility index (Phi) is 4.07. The number of Topliss-reactive ketones (excluding diaryl/α,β-unsaturated/α-hetero) is 1. The Balaban J connectivity index is 1.18. The highest BCUT2D eigenvalue weighted by Crippen LogP contribution is 2.64. The van der Waals surface area contributed by atoms with Crippen molar-refractivity contribution in [3.05, 3.63) is 28.8 Å². The Morgan fingerprint density at radius 3 is 2.60 bits per heavy atom. The van der Waals surface area contributed by atoms with Crippen molar-refractivity contribution in [3.63, 3.8) is 0 Å². The first-order valence-corrected chi connectivity index (χ1v) is 12.0. The zero-order chi connectivity index (χ0) is 20.7. The van der Waals surface area contributed by atoms with Gasteiger partial charge in [-0.15, -0.1) is 0 Å². The molecule has 0 spiro atoms. The molecule has 30 heavy (non-hydrogen) atoms. The van der Waals surface area contributed by atoms with E-state index in [0.717, 1.165) is 68.3 Å². The van der Waals surface area contributed by atoms with Crippen LogP contribution >= 0.6 is 15.9 Å². The van der Waals surface area contributed by atoms with Crippen molar-refractivity contribution in [3.8, 4) is 0 Å². The van der Waals surface area contributed by atoms with Gasteiger partial charge in [-0.3, -0.25) is 14.4 Å². The fourth-order valence-electron chi connectivity index (χ4n) is 7.40. The van der Waals surface area contributed by atoms with Crippen molar-refractivity contribution in [1.29, 1.82) is 0 Å². The molecule has 5 nitrogen and oxygen atoms in total. The largest absolute Gasteiger partial charge is 0.457 e. The highest BCUT2D eigenvalue weighted by atomic mass is 79.9. The maximum Gasteiger partial charge on any atom is 0.312 e. The minimum Gasteiger partial charge on any atom is -0.457 e. The Bertz CT molecular complexity index is 972. The average molecular weight is 472 g/mol. The van der Waals surface area contributed by atoms with Crippen LogP contribution in [-0.4, -0.2) is 35.1 Å². The Morgan fingerprint density at radius 2 is 1.87 bits per heavy atom. The molecule has 0 N–H and O–H groups in total. The predicted octanol–water partition coefficient (Wildman–Crippen LogP) is 3.98. The zero-order valence-electron chi connectivity index (χ0n) is 17.0. The number of hydrogen-bond acceptors (Lipinski definition) is 4. The van der Waals surface area contributed by atoms with Gasteiger partial charge in [-0.2, -0.15) is 0 Å². The van der Waals surface area contributed by atoms with Gasteiger partial charge in [0.05, 0.1) is 17.5 Å². The van der Waals surface area contributed by atoms with E-state index in [-0.39, 0.29) is 28.6 Å². The topological polar surface area (TPSA) is 63.7 Å². The Hall–Kier alpha value is -1.69. The number of halogens is 1. The molecule has 1 aromatic carbocycles. The molecule has 4 bridgehead atoms. The first-order chi connectivity index (χ1) is 14.3. The fraction of sp³-hybridized carbons (Fsp3) is 0.625. The normalized spacial score (nSPS) is 35.5. The quantitative estimate of drug-likeness (QED) is 0.378. The number of rotatable bonds is 4. The number of amides is 1. The first kappa shape index (κ1) is 19.0. The van der Waals surface area contributed by atoms with Crippen LogP contribution < -0.4 is 4.90 Å². The van der Waals surface area contributed by atoms with E-state index in [1.807, 2.05) is 17.0 Å². The van der Waals surface area contributed by atoms with Crippen LogP contribution in [-0.2, 0) is 27.2 Å². The van der Waals surface area contributed by atoms with Gasteiger partial charge in [-0.05, 0) is 86.5 Å². The molecule has 2 aliphatic heterocycles. The van der Waals surface area contributed by atoms with E-state index in [4.69, 9.17) is 4.74 Å². The van der Waals surface area contributed by atoms with Crippen molar-refractivity contribution < 1.29 is 19.1 Å². The summed E-state index contributed by atoms with van der Waals surface area (Å²) < 4.78 is 5.74. The SMILES string of the molecule is O=C(COC(=O)C12C[C@H]3C[C@@H](CC(Br)(C3)C1)C2)c1cc2c3c(c1)CC(=O)N3CCC2. The molecule has 7 rings (SSSR count). The van der Waals surface area contributed by atoms with Crippen molar-refractivity contribution in [2.45, 2.75) is 62.1 Å². The Labute approximate surface area is 184 Å². The zero-order valence-corrected chi connectivity index (χ0v) is 18.6. The number of anilines is 1. The number of nitrogens with zero attached hydrogens (tertiary/aromatic N) is 1. The van der Waals surface area contributed by atoms with E-state index in [1.165, 1.54) is 6.42 Å². The summed E-state index contributed by atoms with van der Waals surface area (Å²) in [5.41, 5.74) is 3.17. The summed E-state index contributed by atoms with van der Waals surface area (Å²) in [6.45, 7) is 0.559. The summed E-state index contributed by atoms with van der Waals surface area (Å²) >= 11 is 3.93. The van der Waals surface area contributed by atoms with Crippen molar-refractivity contribution in [2.75, 3.05) is 18.1 Å². The van der Waals surface area contributed by atoms with E-state index in [2.05, 4.69) is 15.9 Å². The number of carbonyl (C=O) groups is 3. The molecule has 0 unspecified atom stereocenters. The van der Waals surface area contributed by atoms with Gasteiger partial charge < -0.3 is 9.64 Å². The van der Waals surface area contributed by atoms with Crippen molar-refractivity contribution in [1.82, 2.24) is 0 Å². The summed E-state index contributed by atoms with van der Waals surface area (Å²) in [7, 11) is 0. The third-order valence-corrected chi connectivity index (χ3v) is 9.02. The molecule has 1 amide bonds. The van der Waals surface area contributed by atoms with Gasteiger partial charge in [-0.1, -0.05) is 15.9 Å². The number of benzene rings is 1. The van der Waals surface area contributed by atoms with Crippen LogP contribution in [0.15, 0.2) is 12.1 Å². The van der Waals surface area contributed by atoms with Crippen LogP contribution in [0.25, 0.3) is 0 Å². The van der Waals surface area contributed by atoms with Gasteiger partial charge in [0.2, 0.25) is 5.91 Å². The lowest BCUT2D eigenvalue weighted by atomic mass is 9.49. The van der Waals surface area contributed by atoms with E-state index < -0.39 is 5.41 Å². The molecule has 0 radical (unpaired) electrons. The molecule has 4 fully saturated rings. The lowest BCUT2D eigenvalue weighted by Gasteiger charge is -2.58. The van der Waals surface area contributed by atoms with Gasteiger partial charge >= 0.3 is 5.97 Å². The number of esters is 1. The molecule has 1 aromatic rings. The predicted molar refractivity (Wildman–Crippen MR) is 115 cm³/mol. The standard InChI is InChI=1S/C24H26BrNO4/c25-24-10-14-4-15(11-24)9-23(8-14,13-24)22(29)30-12-19(27)17-5-16-2-1-3-26-20(28)7-18(6-17)21(16)26/h5-6,14-15H,1-4,7-13H2/t14-,15-,23?,24?/m1/s1. The van der Waals surface area contributed by atoms with Crippen LogP contribution in [0.5, 0.6) is 0 Å². The summed E-state index contributed by atoms with van der Waals surface area (Å²) in [6.07, 6.45) is 8.36. The van der Waals surface area contributed by atoms with Crippen LogP contribution in [0.4, 0.5) is 5.69 Å². The minimum atomic E-state index is -0.412. The van der Waals surface area contributed by atoms with Gasteiger partial charge in [0.25, 0.3) is 0 Å². The molecular weight excluding hydrogens is 446 g/mol. The molecular formula is C24H26BrNO4. The molecule has 4 aliphatic carbocycles. The van der Waals surface area contributed by atoms with Crippen molar-refractivity contribution >= 4 is 39.3 Å². The van der Waals surface area contributed by atoms with Gasteiger partial charge in [0.1, 0.15) is 0 Å². The second-order valence-electron chi connectivity index (χ2n) is 10.4. The summed E-state index contributed by atoms with van der Waals surface area (Å²) in [5.74, 6) is 0.959. The van der Waals surface area contributed by atoms with Crippen LogP contribution in [0.1, 0.15) is 66.4 Å². The summed E-state index contributed by atoms with van der Waals surface area (Å²) in [5, 5.41) is 0.